The molecule has 108 valence electrons. The number of benzene rings is 1. The van der Waals surface area contributed by atoms with Gasteiger partial charge in [-0.25, -0.2) is 0 Å². The minimum absolute atomic E-state index is 0.486. The highest BCUT2D eigenvalue weighted by Gasteiger charge is 2.09. The number of hydrogen-bond donors (Lipinski definition) is 1. The maximum absolute atomic E-state index is 6.22. The third-order valence-electron chi connectivity index (χ3n) is 2.69. The molecule has 0 aliphatic carbocycles. The zero-order valence-electron chi connectivity index (χ0n) is 11.3. The van der Waals surface area contributed by atoms with Gasteiger partial charge in [-0.05, 0) is 6.07 Å². The molecule has 2 aromatic rings. The van der Waals surface area contributed by atoms with E-state index in [2.05, 4.69) is 10.3 Å². The first kappa shape index (κ1) is 15.3. The number of hydrogen-bond acceptors (Lipinski definition) is 5. The maximum Gasteiger partial charge on any atom is 0.142 e. The van der Waals surface area contributed by atoms with E-state index in [1.54, 1.807) is 30.2 Å². The number of nitrogens with zero attached hydrogens (tertiary/aromatic N) is 1. The molecule has 1 aromatic heterocycles. The molecule has 0 saturated heterocycles. The lowest BCUT2D eigenvalue weighted by atomic mass is 10.2. The molecule has 6 heteroatoms. The van der Waals surface area contributed by atoms with E-state index in [1.807, 2.05) is 18.2 Å². The molecule has 0 aliphatic rings. The lowest BCUT2D eigenvalue weighted by Gasteiger charge is -2.13. The molecule has 0 atom stereocenters. The van der Waals surface area contributed by atoms with Gasteiger partial charge < -0.3 is 14.8 Å². The fourth-order valence-electron chi connectivity index (χ4n) is 1.71. The molecular formula is C14H17ClN2O2S. The van der Waals surface area contributed by atoms with Crippen molar-refractivity contribution in [1.82, 2.24) is 10.3 Å². The minimum Gasteiger partial charge on any atom is -0.486 e. The van der Waals surface area contributed by atoms with Crippen molar-refractivity contribution in [2.75, 3.05) is 20.3 Å². The number of aromatic nitrogens is 1. The lowest BCUT2D eigenvalue weighted by Crippen LogP contribution is -2.19. The molecular weight excluding hydrogens is 296 g/mol. The Balaban J connectivity index is 1.98. The summed E-state index contributed by atoms with van der Waals surface area (Å²) in [6, 6.07) is 5.77. The first-order chi connectivity index (χ1) is 9.81. The second kappa shape index (κ2) is 8.21. The van der Waals surface area contributed by atoms with E-state index >= 15 is 0 Å². The van der Waals surface area contributed by atoms with Gasteiger partial charge in [0.25, 0.3) is 0 Å². The molecule has 0 unspecified atom stereocenters. The molecule has 20 heavy (non-hydrogen) atoms. The zero-order chi connectivity index (χ0) is 14.2. The Labute approximate surface area is 127 Å². The summed E-state index contributed by atoms with van der Waals surface area (Å²) in [7, 11) is 1.69. The van der Waals surface area contributed by atoms with E-state index in [0.717, 1.165) is 22.7 Å². The molecule has 1 heterocycles. The van der Waals surface area contributed by atoms with Crippen LogP contribution in [0.4, 0.5) is 0 Å². The Morgan fingerprint density at radius 1 is 1.40 bits per heavy atom. The fourth-order valence-corrected chi connectivity index (χ4v) is 2.46. The Morgan fingerprint density at radius 3 is 3.05 bits per heavy atom. The number of rotatable bonds is 8. The van der Waals surface area contributed by atoms with E-state index in [0.29, 0.717) is 24.8 Å². The van der Waals surface area contributed by atoms with Gasteiger partial charge >= 0.3 is 0 Å². The summed E-state index contributed by atoms with van der Waals surface area (Å²) >= 11 is 7.79. The topological polar surface area (TPSA) is 43.4 Å². The summed E-state index contributed by atoms with van der Waals surface area (Å²) in [5.41, 5.74) is 2.83. The fraction of sp³-hybridized carbons (Fsp3) is 0.357. The maximum atomic E-state index is 6.22. The number of ether oxygens (including phenoxy) is 2. The molecule has 0 aliphatic heterocycles. The van der Waals surface area contributed by atoms with Crippen LogP contribution < -0.4 is 10.1 Å². The second-order valence-electron chi connectivity index (χ2n) is 4.15. The zero-order valence-corrected chi connectivity index (χ0v) is 12.8. The van der Waals surface area contributed by atoms with Crippen molar-refractivity contribution in [3.05, 3.63) is 45.4 Å². The van der Waals surface area contributed by atoms with Gasteiger partial charge in [-0.1, -0.05) is 23.7 Å². The predicted molar refractivity (Wildman–Crippen MR) is 81.5 cm³/mol. The Hall–Kier alpha value is -1.14. The van der Waals surface area contributed by atoms with Gasteiger partial charge in [0.05, 0.1) is 22.0 Å². The van der Waals surface area contributed by atoms with Crippen molar-refractivity contribution in [2.45, 2.75) is 13.2 Å². The number of thiazole rings is 1. The highest BCUT2D eigenvalue weighted by molar-refractivity contribution is 7.09. The average Bonchev–Trinajstić information content (AvgIpc) is 2.96. The summed E-state index contributed by atoms with van der Waals surface area (Å²) in [5.74, 6) is 0.729. The summed E-state index contributed by atoms with van der Waals surface area (Å²) in [4.78, 5) is 5.10. The minimum atomic E-state index is 0.486. The van der Waals surface area contributed by atoms with E-state index < -0.39 is 0 Å². The first-order valence-electron chi connectivity index (χ1n) is 6.28. The van der Waals surface area contributed by atoms with Crippen LogP contribution in [0.3, 0.4) is 0 Å². The van der Waals surface area contributed by atoms with Gasteiger partial charge in [-0.15, -0.1) is 11.3 Å². The van der Waals surface area contributed by atoms with Crippen LogP contribution >= 0.6 is 22.9 Å². The van der Waals surface area contributed by atoms with E-state index in [4.69, 9.17) is 21.1 Å². The summed E-state index contributed by atoms with van der Waals surface area (Å²) in [6.07, 6.45) is 1.80. The highest BCUT2D eigenvalue weighted by Crippen LogP contribution is 2.29. The molecule has 0 radical (unpaired) electrons. The smallest absolute Gasteiger partial charge is 0.142 e. The summed E-state index contributed by atoms with van der Waals surface area (Å²) in [6.45, 7) is 2.65. The first-order valence-corrected chi connectivity index (χ1v) is 7.54. The SMILES string of the molecule is COCCNCc1cccc(Cl)c1OCc1cncs1. The van der Waals surface area contributed by atoms with Crippen LogP contribution in [0.1, 0.15) is 10.4 Å². The third-order valence-corrected chi connectivity index (χ3v) is 3.74. The van der Waals surface area contributed by atoms with Crippen LogP contribution in [-0.4, -0.2) is 25.2 Å². The van der Waals surface area contributed by atoms with Crippen molar-refractivity contribution in [2.24, 2.45) is 0 Å². The second-order valence-corrected chi connectivity index (χ2v) is 5.53. The molecule has 0 amide bonds. The van der Waals surface area contributed by atoms with Crippen LogP contribution in [0.25, 0.3) is 0 Å². The predicted octanol–water partition coefficient (Wildman–Crippen LogP) is 3.11. The summed E-state index contributed by atoms with van der Waals surface area (Å²) in [5, 5.41) is 3.92. The van der Waals surface area contributed by atoms with Gasteiger partial charge in [0.2, 0.25) is 0 Å². The molecule has 0 bridgehead atoms. The van der Waals surface area contributed by atoms with Gasteiger partial charge in [0, 0.05) is 32.0 Å². The van der Waals surface area contributed by atoms with E-state index in [-0.39, 0.29) is 0 Å². The monoisotopic (exact) mass is 312 g/mol. The van der Waals surface area contributed by atoms with Crippen molar-refractivity contribution in [3.8, 4) is 5.75 Å². The van der Waals surface area contributed by atoms with Crippen LogP contribution in [0.5, 0.6) is 5.75 Å². The molecule has 4 nitrogen and oxygen atoms in total. The lowest BCUT2D eigenvalue weighted by molar-refractivity contribution is 0.199. The average molecular weight is 313 g/mol. The largest absolute Gasteiger partial charge is 0.486 e. The Morgan fingerprint density at radius 2 is 2.30 bits per heavy atom. The number of methoxy groups -OCH3 is 1. The number of halogens is 1. The Kier molecular flexibility index (Phi) is 6.26. The van der Waals surface area contributed by atoms with Crippen molar-refractivity contribution in [3.63, 3.8) is 0 Å². The van der Waals surface area contributed by atoms with Crippen molar-refractivity contribution < 1.29 is 9.47 Å². The van der Waals surface area contributed by atoms with Crippen LogP contribution in [0.15, 0.2) is 29.9 Å². The van der Waals surface area contributed by atoms with Gasteiger partial charge in [-0.3, -0.25) is 4.98 Å². The Bertz CT molecular complexity index is 520. The van der Waals surface area contributed by atoms with E-state index in [9.17, 15) is 0 Å². The quantitative estimate of drug-likeness (QED) is 0.761. The molecule has 0 saturated carbocycles. The molecule has 1 aromatic carbocycles. The highest BCUT2D eigenvalue weighted by atomic mass is 35.5. The summed E-state index contributed by atoms with van der Waals surface area (Å²) < 4.78 is 10.8. The van der Waals surface area contributed by atoms with Crippen LogP contribution in [-0.2, 0) is 17.9 Å². The standard InChI is InChI=1S/C14H17ClN2O2S/c1-18-6-5-16-7-11-3-2-4-13(15)14(11)19-9-12-8-17-10-20-12/h2-4,8,10,16H,5-7,9H2,1H3. The molecule has 0 spiro atoms. The number of nitrogens with one attached hydrogen (secondary N) is 1. The molecule has 2 rings (SSSR count). The van der Waals surface area contributed by atoms with Crippen molar-refractivity contribution >= 4 is 22.9 Å². The van der Waals surface area contributed by atoms with E-state index in [1.165, 1.54) is 0 Å². The molecule has 0 fully saturated rings. The van der Waals surface area contributed by atoms with Gasteiger partial charge in [-0.2, -0.15) is 0 Å². The normalized spacial score (nSPS) is 10.7. The van der Waals surface area contributed by atoms with Crippen LogP contribution in [0.2, 0.25) is 5.02 Å². The third kappa shape index (κ3) is 4.45. The van der Waals surface area contributed by atoms with Gasteiger partial charge in [0.15, 0.2) is 0 Å². The van der Waals surface area contributed by atoms with Gasteiger partial charge in [0.1, 0.15) is 12.4 Å². The number of para-hydroxylation sites is 1. The van der Waals surface area contributed by atoms with Crippen LogP contribution in [0, 0.1) is 0 Å². The molecule has 1 N–H and O–H groups in total. The van der Waals surface area contributed by atoms with Crippen molar-refractivity contribution in [1.29, 1.82) is 0 Å².